The molecule has 0 radical (unpaired) electrons. The van der Waals surface area contributed by atoms with Crippen molar-refractivity contribution in [1.82, 2.24) is 4.98 Å². The number of aromatic nitrogens is 1. The summed E-state index contributed by atoms with van der Waals surface area (Å²) in [6, 6.07) is 7.56. The van der Waals surface area contributed by atoms with Crippen LogP contribution in [0.4, 0.5) is 14.5 Å². The van der Waals surface area contributed by atoms with Gasteiger partial charge < -0.3 is 10.1 Å². The number of hydrogen-bond acceptors (Lipinski definition) is 3. The van der Waals surface area contributed by atoms with Gasteiger partial charge in [-0.05, 0) is 30.3 Å². The topological polar surface area (TPSA) is 51.2 Å². The molecule has 1 aromatic carbocycles. The van der Waals surface area contributed by atoms with Crippen LogP contribution in [0.25, 0.3) is 0 Å². The Hall–Kier alpha value is -2.50. The molecule has 0 aliphatic rings. The Morgan fingerprint density at radius 1 is 1.21 bits per heavy atom. The molecule has 2 rings (SSSR count). The summed E-state index contributed by atoms with van der Waals surface area (Å²) in [5.74, 6) is -2.70. The third kappa shape index (κ3) is 2.85. The first-order chi connectivity index (χ1) is 9.11. The number of rotatable bonds is 3. The molecule has 0 bridgehead atoms. The van der Waals surface area contributed by atoms with Crippen LogP contribution in [0.15, 0.2) is 36.5 Å². The molecule has 0 unspecified atom stereocenters. The first-order valence-electron chi connectivity index (χ1n) is 5.37. The first kappa shape index (κ1) is 12.9. The van der Waals surface area contributed by atoms with Gasteiger partial charge in [0, 0.05) is 11.9 Å². The molecular formula is C13H10F2N2O2. The van der Waals surface area contributed by atoms with Gasteiger partial charge in [0.05, 0.1) is 12.7 Å². The number of anilines is 1. The van der Waals surface area contributed by atoms with E-state index in [1.807, 2.05) is 0 Å². The summed E-state index contributed by atoms with van der Waals surface area (Å²) < 4.78 is 31.2. The van der Waals surface area contributed by atoms with Gasteiger partial charge >= 0.3 is 0 Å². The van der Waals surface area contributed by atoms with E-state index in [1.54, 1.807) is 24.3 Å². The van der Waals surface area contributed by atoms with Gasteiger partial charge in [0.25, 0.3) is 5.91 Å². The Kier molecular flexibility index (Phi) is 3.70. The van der Waals surface area contributed by atoms with Crippen LogP contribution < -0.4 is 10.1 Å². The number of carbonyl (C=O) groups is 1. The van der Waals surface area contributed by atoms with Crippen molar-refractivity contribution >= 4 is 11.6 Å². The molecular weight excluding hydrogens is 254 g/mol. The Labute approximate surface area is 108 Å². The second kappa shape index (κ2) is 5.43. The molecule has 1 heterocycles. The van der Waals surface area contributed by atoms with Crippen molar-refractivity contribution in [2.75, 3.05) is 12.4 Å². The minimum Gasteiger partial charge on any atom is -0.497 e. The number of ether oxygens (including phenoxy) is 1. The summed E-state index contributed by atoms with van der Waals surface area (Å²) in [6.07, 6.45) is 1.03. The minimum atomic E-state index is -1.30. The quantitative estimate of drug-likeness (QED) is 0.867. The van der Waals surface area contributed by atoms with Crippen LogP contribution in [-0.2, 0) is 0 Å². The van der Waals surface area contributed by atoms with Crippen LogP contribution in [0, 0.1) is 11.8 Å². The smallest absolute Gasteiger partial charge is 0.258 e. The van der Waals surface area contributed by atoms with E-state index in [2.05, 4.69) is 10.3 Å². The summed E-state index contributed by atoms with van der Waals surface area (Å²) in [5, 5.41) is 2.45. The molecule has 0 aliphatic carbocycles. The maximum atomic E-state index is 13.4. The number of amides is 1. The van der Waals surface area contributed by atoms with Crippen LogP contribution >= 0.6 is 0 Å². The maximum Gasteiger partial charge on any atom is 0.258 e. The summed E-state index contributed by atoms with van der Waals surface area (Å²) in [7, 11) is 1.52. The highest BCUT2D eigenvalue weighted by atomic mass is 19.2. The second-order valence-corrected chi connectivity index (χ2v) is 3.65. The zero-order valence-corrected chi connectivity index (χ0v) is 9.98. The van der Waals surface area contributed by atoms with E-state index < -0.39 is 23.2 Å². The lowest BCUT2D eigenvalue weighted by Crippen LogP contribution is -2.15. The lowest BCUT2D eigenvalue weighted by atomic mass is 10.2. The molecule has 0 fully saturated rings. The lowest BCUT2D eigenvalue weighted by Gasteiger charge is -2.07. The second-order valence-electron chi connectivity index (χ2n) is 3.65. The predicted molar refractivity (Wildman–Crippen MR) is 65.1 cm³/mol. The van der Waals surface area contributed by atoms with Crippen molar-refractivity contribution in [3.63, 3.8) is 0 Å². The van der Waals surface area contributed by atoms with Crippen LogP contribution in [-0.4, -0.2) is 18.0 Å². The van der Waals surface area contributed by atoms with E-state index in [9.17, 15) is 13.6 Å². The van der Waals surface area contributed by atoms with Crippen molar-refractivity contribution in [3.8, 4) is 5.75 Å². The summed E-state index contributed by atoms with van der Waals surface area (Å²) in [4.78, 5) is 14.9. The van der Waals surface area contributed by atoms with Crippen LogP contribution in [0.3, 0.4) is 0 Å². The third-order valence-corrected chi connectivity index (χ3v) is 2.44. The molecule has 4 nitrogen and oxygen atoms in total. The van der Waals surface area contributed by atoms with E-state index in [-0.39, 0.29) is 0 Å². The fraction of sp³-hybridized carbons (Fsp3) is 0.0769. The zero-order valence-electron chi connectivity index (χ0n) is 9.98. The number of carbonyl (C=O) groups excluding carboxylic acids is 1. The summed E-state index contributed by atoms with van der Waals surface area (Å²) in [6.45, 7) is 0. The number of nitrogens with zero attached hydrogens (tertiary/aromatic N) is 1. The van der Waals surface area contributed by atoms with Crippen molar-refractivity contribution in [2.24, 2.45) is 0 Å². The van der Waals surface area contributed by atoms with Crippen molar-refractivity contribution in [2.45, 2.75) is 0 Å². The van der Waals surface area contributed by atoms with Gasteiger partial charge in [-0.15, -0.1) is 0 Å². The Bertz CT molecular complexity index is 600. The molecule has 1 N–H and O–H groups in total. The fourth-order valence-corrected chi connectivity index (χ4v) is 1.47. The third-order valence-electron chi connectivity index (χ3n) is 2.44. The van der Waals surface area contributed by atoms with Gasteiger partial charge in [-0.1, -0.05) is 0 Å². The van der Waals surface area contributed by atoms with Crippen LogP contribution in [0.1, 0.15) is 10.4 Å². The van der Waals surface area contributed by atoms with E-state index in [1.165, 1.54) is 7.11 Å². The highest BCUT2D eigenvalue weighted by Gasteiger charge is 2.16. The van der Waals surface area contributed by atoms with Gasteiger partial charge in [-0.2, -0.15) is 4.39 Å². The number of methoxy groups -OCH3 is 1. The minimum absolute atomic E-state index is 0.400. The SMILES string of the molecule is COc1ccc(NC(=O)c2ccnc(F)c2F)cc1. The molecule has 98 valence electrons. The van der Waals surface area contributed by atoms with Crippen LogP contribution in [0.2, 0.25) is 0 Å². The molecule has 0 saturated carbocycles. The number of benzene rings is 1. The molecule has 6 heteroatoms. The van der Waals surface area contributed by atoms with Gasteiger partial charge in [-0.25, -0.2) is 9.37 Å². The van der Waals surface area contributed by atoms with Gasteiger partial charge in [0.15, 0.2) is 5.82 Å². The standard InChI is InChI=1S/C13H10F2N2O2/c1-19-9-4-2-8(3-5-9)17-13(18)10-6-7-16-12(15)11(10)14/h2-7H,1H3,(H,17,18). The molecule has 0 spiro atoms. The number of halogens is 2. The average molecular weight is 264 g/mol. The zero-order chi connectivity index (χ0) is 13.8. The molecule has 1 aromatic heterocycles. The Morgan fingerprint density at radius 2 is 1.89 bits per heavy atom. The fourth-order valence-electron chi connectivity index (χ4n) is 1.47. The average Bonchev–Trinajstić information content (AvgIpc) is 2.42. The predicted octanol–water partition coefficient (Wildman–Crippen LogP) is 2.62. The largest absolute Gasteiger partial charge is 0.497 e. The van der Waals surface area contributed by atoms with Gasteiger partial charge in [0.1, 0.15) is 5.75 Å². The lowest BCUT2D eigenvalue weighted by molar-refractivity contribution is 0.102. The molecule has 0 saturated heterocycles. The molecule has 19 heavy (non-hydrogen) atoms. The van der Waals surface area contributed by atoms with Gasteiger partial charge in [-0.3, -0.25) is 4.79 Å². The molecule has 2 aromatic rings. The monoisotopic (exact) mass is 264 g/mol. The van der Waals surface area contributed by atoms with Gasteiger partial charge in [0.2, 0.25) is 5.95 Å². The van der Waals surface area contributed by atoms with Crippen LogP contribution in [0.5, 0.6) is 5.75 Å². The first-order valence-corrected chi connectivity index (χ1v) is 5.37. The summed E-state index contributed by atoms with van der Waals surface area (Å²) in [5.41, 5.74) is 0.0470. The molecule has 0 aliphatic heterocycles. The normalized spacial score (nSPS) is 10.1. The van der Waals surface area contributed by atoms with E-state index in [4.69, 9.17) is 4.74 Å². The van der Waals surface area contributed by atoms with E-state index in [0.29, 0.717) is 11.4 Å². The highest BCUT2D eigenvalue weighted by molar-refractivity contribution is 6.04. The van der Waals surface area contributed by atoms with Crippen molar-refractivity contribution in [1.29, 1.82) is 0 Å². The Morgan fingerprint density at radius 3 is 2.53 bits per heavy atom. The number of pyridine rings is 1. The maximum absolute atomic E-state index is 13.4. The van der Waals surface area contributed by atoms with Crippen molar-refractivity contribution in [3.05, 3.63) is 53.9 Å². The number of nitrogens with one attached hydrogen (secondary N) is 1. The Balaban J connectivity index is 2.18. The molecule has 0 atom stereocenters. The summed E-state index contributed by atoms with van der Waals surface area (Å²) >= 11 is 0. The number of hydrogen-bond donors (Lipinski definition) is 1. The highest BCUT2D eigenvalue weighted by Crippen LogP contribution is 2.17. The van der Waals surface area contributed by atoms with E-state index in [0.717, 1.165) is 12.3 Å². The van der Waals surface area contributed by atoms with E-state index >= 15 is 0 Å². The van der Waals surface area contributed by atoms with Crippen molar-refractivity contribution < 1.29 is 18.3 Å². The molecule has 1 amide bonds.